The molecule has 250 valence electrons. The summed E-state index contributed by atoms with van der Waals surface area (Å²) in [7, 11) is 0. The van der Waals surface area contributed by atoms with Crippen LogP contribution in [0.15, 0.2) is 158 Å². The molecule has 0 saturated carbocycles. The summed E-state index contributed by atoms with van der Waals surface area (Å²) in [4.78, 5) is 11.0. The van der Waals surface area contributed by atoms with Crippen LogP contribution in [-0.2, 0) is 0 Å². The zero-order valence-electron chi connectivity index (χ0n) is 28.4. The number of benzene rings is 4. The van der Waals surface area contributed by atoms with Crippen molar-refractivity contribution in [1.29, 1.82) is 0 Å². The Bertz CT molecular complexity index is 2720. The van der Waals surface area contributed by atoms with Gasteiger partial charge in [0.2, 0.25) is 0 Å². The molecule has 5 heteroatoms. The van der Waals surface area contributed by atoms with E-state index in [-0.39, 0.29) is 43.5 Å². The standard InChI is InChI=1S/C48H30N2Se3/c1-5-13-31(14-6-1)45-35-21-23-37(49-35)47(33-17-9-3-10-18-33)43-29-30-44(53-43)48(34-19-11-4-12-20-34)38-24-22-36(50-38)46(32-15-7-2-8-16-32)42-28-26-40(52-42)39-25-27-41(45)51-39/h1-30H. The molecule has 0 aliphatic carbocycles. The van der Waals surface area contributed by atoms with Gasteiger partial charge in [0.05, 0.1) is 0 Å². The van der Waals surface area contributed by atoms with E-state index in [9.17, 15) is 0 Å². The van der Waals surface area contributed by atoms with E-state index in [0.29, 0.717) is 0 Å². The normalized spacial score (nSPS) is 12.0. The van der Waals surface area contributed by atoms with Crippen LogP contribution in [0, 0.1) is 0 Å². The average molecular weight is 872 g/mol. The van der Waals surface area contributed by atoms with Crippen molar-refractivity contribution < 1.29 is 0 Å². The number of aromatic nitrogens is 2. The Balaban J connectivity index is 1.39. The molecule has 2 aliphatic heterocycles. The first-order valence-electron chi connectivity index (χ1n) is 17.6. The summed E-state index contributed by atoms with van der Waals surface area (Å²) >= 11 is 0.301. The van der Waals surface area contributed by atoms with Crippen LogP contribution in [-0.4, -0.2) is 53.5 Å². The fourth-order valence-corrected chi connectivity index (χ4v) is 14.7. The zero-order valence-corrected chi connectivity index (χ0v) is 33.6. The molecule has 0 fully saturated rings. The van der Waals surface area contributed by atoms with Crippen molar-refractivity contribution >= 4 is 93.4 Å². The average Bonchev–Trinajstić information content (AvgIpc) is 4.07. The molecule has 8 aromatic rings. The summed E-state index contributed by atoms with van der Waals surface area (Å²) in [6, 6.07) is 57.4. The number of hydrogen-bond donors (Lipinski definition) is 0. The summed E-state index contributed by atoms with van der Waals surface area (Å²) in [6.07, 6.45) is 8.94. The first-order chi connectivity index (χ1) is 26.3. The molecule has 2 aliphatic rings. The van der Waals surface area contributed by atoms with E-state index < -0.39 is 0 Å². The van der Waals surface area contributed by atoms with E-state index in [1.54, 1.807) is 0 Å². The van der Waals surface area contributed by atoms with Crippen LogP contribution in [0.5, 0.6) is 0 Å². The molecule has 0 N–H and O–H groups in total. The fourth-order valence-electron chi connectivity index (χ4n) is 7.18. The van der Waals surface area contributed by atoms with Gasteiger partial charge in [-0.2, -0.15) is 0 Å². The van der Waals surface area contributed by atoms with Crippen LogP contribution in [0.2, 0.25) is 0 Å². The molecule has 4 aromatic carbocycles. The van der Waals surface area contributed by atoms with Crippen molar-refractivity contribution in [2.75, 3.05) is 0 Å². The van der Waals surface area contributed by atoms with Crippen LogP contribution >= 0.6 is 0 Å². The van der Waals surface area contributed by atoms with E-state index >= 15 is 0 Å². The molecule has 0 spiro atoms. The fraction of sp³-hybridized carbons (Fsp3) is 0. The van der Waals surface area contributed by atoms with Gasteiger partial charge in [-0.25, -0.2) is 0 Å². The topological polar surface area (TPSA) is 25.8 Å². The first kappa shape index (κ1) is 32.6. The van der Waals surface area contributed by atoms with Crippen LogP contribution in [0.1, 0.15) is 22.8 Å². The molecule has 53 heavy (non-hydrogen) atoms. The summed E-state index contributed by atoms with van der Waals surface area (Å²) in [6.45, 7) is 0. The quantitative estimate of drug-likeness (QED) is 0.165. The van der Waals surface area contributed by atoms with Gasteiger partial charge < -0.3 is 0 Å². The Hall–Kier alpha value is -5.08. The Morgan fingerprint density at radius 3 is 0.736 bits per heavy atom. The molecule has 6 heterocycles. The molecule has 2 nitrogen and oxygen atoms in total. The van der Waals surface area contributed by atoms with Crippen molar-refractivity contribution in [3.05, 3.63) is 181 Å². The number of fused-ring (bicyclic) bond motifs is 11. The Kier molecular flexibility index (Phi) is 8.63. The summed E-state index contributed by atoms with van der Waals surface area (Å²) in [5, 5.41) is 0. The van der Waals surface area contributed by atoms with E-state index in [4.69, 9.17) is 9.97 Å². The van der Waals surface area contributed by atoms with Gasteiger partial charge in [-0.1, -0.05) is 0 Å². The van der Waals surface area contributed by atoms with Crippen LogP contribution < -0.4 is 0 Å². The van der Waals surface area contributed by atoms with Crippen molar-refractivity contribution in [2.24, 2.45) is 0 Å². The van der Waals surface area contributed by atoms with Crippen molar-refractivity contribution in [3.8, 4) is 44.5 Å². The molecule has 4 aromatic heterocycles. The Labute approximate surface area is 326 Å². The van der Waals surface area contributed by atoms with Crippen LogP contribution in [0.3, 0.4) is 0 Å². The van der Waals surface area contributed by atoms with Gasteiger partial charge >= 0.3 is 328 Å². The third-order valence-electron chi connectivity index (χ3n) is 9.60. The van der Waals surface area contributed by atoms with Gasteiger partial charge in [-0.3, -0.25) is 0 Å². The van der Waals surface area contributed by atoms with Gasteiger partial charge in [0.25, 0.3) is 0 Å². The maximum atomic E-state index is 5.49. The predicted octanol–water partition coefficient (Wildman–Crippen LogP) is 11.6. The molecular formula is C48H30N2Se3. The monoisotopic (exact) mass is 874 g/mol. The Morgan fingerprint density at radius 1 is 0.245 bits per heavy atom. The molecule has 0 unspecified atom stereocenters. The van der Waals surface area contributed by atoms with Gasteiger partial charge in [0, 0.05) is 0 Å². The summed E-state index contributed by atoms with van der Waals surface area (Å²) in [5.74, 6) is 0. The SMILES string of the molecule is C1=Cc2nc1c(-c1ccccc1)c1ccc([se]1)c(-c1ccccc1)c1nc(c(-c3ccccc3)c3ccc([se]3)c3ccc([se]3)c2-c2ccccc2)C=C1. The van der Waals surface area contributed by atoms with Crippen molar-refractivity contribution in [3.63, 3.8) is 0 Å². The summed E-state index contributed by atoms with van der Waals surface area (Å²) in [5.41, 5.74) is 13.8. The predicted molar refractivity (Wildman–Crippen MR) is 229 cm³/mol. The minimum absolute atomic E-state index is 0.0151. The van der Waals surface area contributed by atoms with Gasteiger partial charge in [-0.15, -0.1) is 0 Å². The molecule has 0 saturated heterocycles. The molecular weight excluding hydrogens is 841 g/mol. The van der Waals surface area contributed by atoms with Crippen molar-refractivity contribution in [1.82, 2.24) is 9.97 Å². The minimum atomic E-state index is 0.0151. The van der Waals surface area contributed by atoms with Gasteiger partial charge in [-0.05, 0) is 0 Å². The van der Waals surface area contributed by atoms with Crippen molar-refractivity contribution in [2.45, 2.75) is 0 Å². The zero-order chi connectivity index (χ0) is 35.1. The van der Waals surface area contributed by atoms with Gasteiger partial charge in [0.15, 0.2) is 0 Å². The number of rotatable bonds is 4. The second-order valence-corrected chi connectivity index (χ2v) is 19.7. The van der Waals surface area contributed by atoms with Crippen LogP contribution in [0.4, 0.5) is 0 Å². The van der Waals surface area contributed by atoms with Gasteiger partial charge in [0.1, 0.15) is 0 Å². The number of nitrogens with zero attached hydrogens (tertiary/aromatic N) is 2. The van der Waals surface area contributed by atoms with E-state index in [2.05, 4.69) is 182 Å². The molecule has 0 radical (unpaired) electrons. The molecule has 0 atom stereocenters. The van der Waals surface area contributed by atoms with E-state index in [0.717, 1.165) is 22.8 Å². The number of hydrogen-bond acceptors (Lipinski definition) is 2. The molecule has 10 bridgehead atoms. The second-order valence-electron chi connectivity index (χ2n) is 12.9. The van der Waals surface area contributed by atoms with Crippen LogP contribution in [0.25, 0.3) is 94.4 Å². The first-order valence-corrected chi connectivity index (χ1v) is 22.7. The van der Waals surface area contributed by atoms with E-state index in [1.807, 2.05) is 0 Å². The maximum absolute atomic E-state index is 5.49. The third-order valence-corrected chi connectivity index (χ3v) is 17.4. The van der Waals surface area contributed by atoms with E-state index in [1.165, 1.54) is 70.1 Å². The molecule has 10 rings (SSSR count). The molecule has 0 amide bonds. The summed E-state index contributed by atoms with van der Waals surface area (Å²) < 4.78 is 8.30. The Morgan fingerprint density at radius 2 is 0.472 bits per heavy atom. The second kappa shape index (κ2) is 14.0. The third kappa shape index (κ3) is 6.16.